The number of morpholine rings is 1. The number of ether oxygens (including phenoxy) is 3. The molecule has 2 aromatic rings. The smallest absolute Gasteiger partial charge is 0.225 e. The molecule has 4 rings (SSSR count). The Bertz CT molecular complexity index is 850. The van der Waals surface area contributed by atoms with E-state index < -0.39 is 5.60 Å². The van der Waals surface area contributed by atoms with Crippen LogP contribution in [0.15, 0.2) is 36.7 Å². The maximum Gasteiger partial charge on any atom is 0.225 e. The Morgan fingerprint density at radius 1 is 1.16 bits per heavy atom. The molecule has 0 bridgehead atoms. The lowest BCUT2D eigenvalue weighted by atomic mass is 10.0. The van der Waals surface area contributed by atoms with Crippen LogP contribution < -0.4 is 19.7 Å². The topological polar surface area (TPSA) is 92.2 Å². The van der Waals surface area contributed by atoms with Gasteiger partial charge < -0.3 is 29.5 Å². The number of methoxy groups -OCH3 is 1. The van der Waals surface area contributed by atoms with Gasteiger partial charge in [0.15, 0.2) is 11.5 Å². The molecular formula is C23H33N5O4. The van der Waals surface area contributed by atoms with Crippen molar-refractivity contribution in [1.29, 1.82) is 0 Å². The molecule has 1 aromatic carbocycles. The Balaban J connectivity index is 1.23. The largest absolute Gasteiger partial charge is 0.493 e. The van der Waals surface area contributed by atoms with E-state index in [4.69, 9.17) is 14.2 Å². The molecule has 1 aromatic heterocycles. The predicted octanol–water partition coefficient (Wildman–Crippen LogP) is 0.927. The molecule has 0 radical (unpaired) electrons. The third-order valence-electron chi connectivity index (χ3n) is 5.95. The van der Waals surface area contributed by atoms with E-state index in [0.29, 0.717) is 38.6 Å². The number of aromatic nitrogens is 2. The highest BCUT2D eigenvalue weighted by Crippen LogP contribution is 2.28. The molecule has 2 fully saturated rings. The molecule has 2 N–H and O–H groups in total. The van der Waals surface area contributed by atoms with Crippen LogP contribution in [0.4, 0.5) is 5.95 Å². The minimum atomic E-state index is -0.800. The standard InChI is InChI=1S/C23H33N5O4/c1-30-21-15-19(3-4-20(21)32-14-11-27-9-12-31-13-10-27)16-24-17-23(29)5-8-28(18-23)22-25-6-2-7-26-22/h2-4,6-7,15,24,29H,5,8-14,16-18H2,1H3/t23-/m0/s1. The third-order valence-corrected chi connectivity index (χ3v) is 5.95. The summed E-state index contributed by atoms with van der Waals surface area (Å²) in [5, 5.41) is 14.3. The first-order chi connectivity index (χ1) is 15.6. The summed E-state index contributed by atoms with van der Waals surface area (Å²) in [5.41, 5.74) is 0.276. The quantitative estimate of drug-likeness (QED) is 0.556. The van der Waals surface area contributed by atoms with Gasteiger partial charge in [-0.2, -0.15) is 0 Å². The molecule has 9 heteroatoms. The maximum absolute atomic E-state index is 10.9. The monoisotopic (exact) mass is 443 g/mol. The lowest BCUT2D eigenvalue weighted by molar-refractivity contribution is 0.0321. The molecule has 0 amide bonds. The normalized spacial score (nSPS) is 21.6. The van der Waals surface area contributed by atoms with Crippen molar-refractivity contribution in [1.82, 2.24) is 20.2 Å². The Morgan fingerprint density at radius 3 is 2.75 bits per heavy atom. The average Bonchev–Trinajstić information content (AvgIpc) is 3.23. The summed E-state index contributed by atoms with van der Waals surface area (Å²) >= 11 is 0. The zero-order chi connectivity index (χ0) is 22.2. The molecule has 1 atom stereocenters. The van der Waals surface area contributed by atoms with Gasteiger partial charge in [-0.15, -0.1) is 0 Å². The van der Waals surface area contributed by atoms with Gasteiger partial charge in [-0.1, -0.05) is 6.07 Å². The molecule has 2 aliphatic heterocycles. The third kappa shape index (κ3) is 6.07. The predicted molar refractivity (Wildman–Crippen MR) is 121 cm³/mol. The fourth-order valence-corrected chi connectivity index (χ4v) is 4.12. The van der Waals surface area contributed by atoms with Gasteiger partial charge in [0.25, 0.3) is 0 Å². The highest BCUT2D eigenvalue weighted by atomic mass is 16.5. The second-order valence-corrected chi connectivity index (χ2v) is 8.34. The lowest BCUT2D eigenvalue weighted by Gasteiger charge is -2.26. The number of anilines is 1. The number of β-amino-alcohol motifs (C(OH)–C–C–N with tert-alkyl or cyclic N) is 1. The number of hydrogen-bond acceptors (Lipinski definition) is 9. The van der Waals surface area contributed by atoms with Gasteiger partial charge in [-0.25, -0.2) is 9.97 Å². The van der Waals surface area contributed by atoms with E-state index in [1.54, 1.807) is 25.6 Å². The molecular weight excluding hydrogens is 410 g/mol. The van der Waals surface area contributed by atoms with Crippen molar-refractivity contribution >= 4 is 5.95 Å². The first kappa shape index (κ1) is 22.7. The first-order valence-electron chi connectivity index (χ1n) is 11.2. The average molecular weight is 444 g/mol. The molecule has 32 heavy (non-hydrogen) atoms. The van der Waals surface area contributed by atoms with Crippen molar-refractivity contribution in [3.8, 4) is 11.5 Å². The van der Waals surface area contributed by atoms with Crippen LogP contribution >= 0.6 is 0 Å². The van der Waals surface area contributed by atoms with Crippen LogP contribution in [-0.4, -0.2) is 91.8 Å². The summed E-state index contributed by atoms with van der Waals surface area (Å²) in [5.74, 6) is 2.13. The molecule has 174 valence electrons. The number of nitrogens with zero attached hydrogens (tertiary/aromatic N) is 4. The second-order valence-electron chi connectivity index (χ2n) is 8.34. The SMILES string of the molecule is COc1cc(CNC[C@@]2(O)CCN(c3ncccn3)C2)ccc1OCCN1CCOCC1. The highest BCUT2D eigenvalue weighted by molar-refractivity contribution is 5.43. The maximum atomic E-state index is 10.9. The van der Waals surface area contributed by atoms with Crippen LogP contribution in [0.25, 0.3) is 0 Å². The van der Waals surface area contributed by atoms with E-state index in [-0.39, 0.29) is 0 Å². The molecule has 0 aliphatic carbocycles. The number of rotatable bonds is 10. The molecule has 0 spiro atoms. The van der Waals surface area contributed by atoms with E-state index >= 15 is 0 Å². The second kappa shape index (κ2) is 10.9. The van der Waals surface area contributed by atoms with Crippen molar-refractivity contribution in [2.75, 3.05) is 71.1 Å². The van der Waals surface area contributed by atoms with Crippen LogP contribution in [0, 0.1) is 0 Å². The van der Waals surface area contributed by atoms with Gasteiger partial charge >= 0.3 is 0 Å². The minimum Gasteiger partial charge on any atom is -0.493 e. The highest BCUT2D eigenvalue weighted by Gasteiger charge is 2.36. The van der Waals surface area contributed by atoms with Crippen LogP contribution in [0.5, 0.6) is 11.5 Å². The molecule has 0 unspecified atom stereocenters. The summed E-state index contributed by atoms with van der Waals surface area (Å²) in [6.45, 7) is 7.36. The zero-order valence-corrected chi connectivity index (χ0v) is 18.7. The van der Waals surface area contributed by atoms with E-state index in [1.807, 2.05) is 23.1 Å². The molecule has 0 saturated carbocycles. The van der Waals surface area contributed by atoms with Gasteiger partial charge in [0.2, 0.25) is 5.95 Å². The Morgan fingerprint density at radius 2 is 1.97 bits per heavy atom. The van der Waals surface area contributed by atoms with Crippen molar-refractivity contribution in [3.63, 3.8) is 0 Å². The van der Waals surface area contributed by atoms with E-state index in [0.717, 1.165) is 56.5 Å². The van der Waals surface area contributed by atoms with E-state index in [1.165, 1.54) is 0 Å². The Kier molecular flexibility index (Phi) is 7.75. The molecule has 2 saturated heterocycles. The number of benzene rings is 1. The summed E-state index contributed by atoms with van der Waals surface area (Å²) in [6, 6.07) is 7.76. The van der Waals surface area contributed by atoms with Crippen molar-refractivity contribution < 1.29 is 19.3 Å². The Labute approximate surface area is 189 Å². The van der Waals surface area contributed by atoms with Crippen LogP contribution in [-0.2, 0) is 11.3 Å². The van der Waals surface area contributed by atoms with Gasteiger partial charge in [-0.05, 0) is 30.2 Å². The van der Waals surface area contributed by atoms with Crippen LogP contribution in [0.1, 0.15) is 12.0 Å². The zero-order valence-electron chi connectivity index (χ0n) is 18.7. The Hall–Kier alpha value is -2.46. The van der Waals surface area contributed by atoms with Crippen molar-refractivity contribution in [3.05, 3.63) is 42.2 Å². The fourth-order valence-electron chi connectivity index (χ4n) is 4.12. The van der Waals surface area contributed by atoms with Crippen molar-refractivity contribution in [2.24, 2.45) is 0 Å². The summed E-state index contributed by atoms with van der Waals surface area (Å²) < 4.78 is 16.9. The summed E-state index contributed by atoms with van der Waals surface area (Å²) in [4.78, 5) is 12.9. The lowest BCUT2D eigenvalue weighted by Crippen LogP contribution is -2.43. The van der Waals surface area contributed by atoms with Crippen molar-refractivity contribution in [2.45, 2.75) is 18.6 Å². The minimum absolute atomic E-state index is 0.496. The van der Waals surface area contributed by atoms with Gasteiger partial charge in [0.05, 0.1) is 32.5 Å². The first-order valence-corrected chi connectivity index (χ1v) is 11.2. The summed E-state index contributed by atoms with van der Waals surface area (Å²) in [6.07, 6.45) is 4.13. The van der Waals surface area contributed by atoms with Crippen LogP contribution in [0.3, 0.4) is 0 Å². The van der Waals surface area contributed by atoms with Gasteiger partial charge in [0, 0.05) is 51.7 Å². The van der Waals surface area contributed by atoms with E-state index in [2.05, 4.69) is 20.2 Å². The van der Waals surface area contributed by atoms with Crippen LogP contribution in [0.2, 0.25) is 0 Å². The summed E-state index contributed by atoms with van der Waals surface area (Å²) in [7, 11) is 1.66. The molecule has 9 nitrogen and oxygen atoms in total. The molecule has 3 heterocycles. The van der Waals surface area contributed by atoms with Gasteiger partial charge in [-0.3, -0.25) is 4.90 Å². The fraction of sp³-hybridized carbons (Fsp3) is 0.565. The number of nitrogens with one attached hydrogen (secondary N) is 1. The van der Waals surface area contributed by atoms with Gasteiger partial charge in [0.1, 0.15) is 6.61 Å². The van der Waals surface area contributed by atoms with E-state index in [9.17, 15) is 5.11 Å². The molecule has 2 aliphatic rings. The number of hydrogen-bond donors (Lipinski definition) is 2. The number of aliphatic hydroxyl groups is 1.